The lowest BCUT2D eigenvalue weighted by Crippen LogP contribution is -2.29. The standard InChI is InChI=1S/C36H34FNO3/c1-23-16-30(37)36-29(20-33(39)38(36)28-14-15-28)34(23)35-31(40-21-25-8-4-2-5-9-25)18-27(17-24-12-13-24)19-32(35)41-22-26-10-6-3-7-11-26/h2-11,16,18-19,24,28H,12-15,17,20-22H2,1H3. The molecule has 2 fully saturated rings. The second-order valence-electron chi connectivity index (χ2n) is 11.7. The fourth-order valence-electron chi connectivity index (χ4n) is 6.05. The molecule has 0 spiro atoms. The van der Waals surface area contributed by atoms with Crippen LogP contribution in [0.2, 0.25) is 0 Å². The van der Waals surface area contributed by atoms with Crippen LogP contribution < -0.4 is 14.4 Å². The summed E-state index contributed by atoms with van der Waals surface area (Å²) in [6, 6.07) is 26.1. The van der Waals surface area contributed by atoms with Gasteiger partial charge in [-0.05, 0) is 96.5 Å². The highest BCUT2D eigenvalue weighted by atomic mass is 19.1. The van der Waals surface area contributed by atoms with Crippen LogP contribution in [0, 0.1) is 18.7 Å². The average Bonchev–Trinajstić information content (AvgIpc) is 3.92. The number of carbonyl (C=O) groups is 1. The fraction of sp³-hybridized carbons (Fsp3) is 0.306. The van der Waals surface area contributed by atoms with Gasteiger partial charge in [0.15, 0.2) is 0 Å². The molecule has 0 bridgehead atoms. The maximum atomic E-state index is 15.6. The Balaban J connectivity index is 1.38. The number of anilines is 1. The van der Waals surface area contributed by atoms with Crippen molar-refractivity contribution in [1.82, 2.24) is 0 Å². The highest BCUT2D eigenvalue weighted by molar-refractivity contribution is 6.06. The zero-order chi connectivity index (χ0) is 27.9. The van der Waals surface area contributed by atoms with Crippen molar-refractivity contribution in [2.75, 3.05) is 4.90 Å². The third kappa shape index (κ3) is 5.33. The largest absolute Gasteiger partial charge is 0.488 e. The zero-order valence-electron chi connectivity index (χ0n) is 23.4. The number of fused-ring (bicyclic) bond motifs is 1. The van der Waals surface area contributed by atoms with Gasteiger partial charge in [0.2, 0.25) is 5.91 Å². The SMILES string of the molecule is Cc1cc(F)c2c(c1-c1c(OCc3ccccc3)cc(CC3CC3)cc1OCc1ccccc1)CC(=O)N2C1CC1. The van der Waals surface area contributed by atoms with Gasteiger partial charge in [-0.1, -0.05) is 60.7 Å². The van der Waals surface area contributed by atoms with Gasteiger partial charge in [-0.15, -0.1) is 0 Å². The molecule has 41 heavy (non-hydrogen) atoms. The predicted molar refractivity (Wildman–Crippen MR) is 159 cm³/mol. The van der Waals surface area contributed by atoms with E-state index >= 15 is 4.39 Å². The van der Waals surface area contributed by atoms with Crippen molar-refractivity contribution >= 4 is 11.6 Å². The molecular formula is C36H34FNO3. The molecule has 1 heterocycles. The van der Waals surface area contributed by atoms with E-state index in [9.17, 15) is 4.79 Å². The summed E-state index contributed by atoms with van der Waals surface area (Å²) in [6.45, 7) is 2.71. The number of halogens is 1. The summed E-state index contributed by atoms with van der Waals surface area (Å²) in [6.07, 6.45) is 5.47. The molecule has 0 saturated heterocycles. The van der Waals surface area contributed by atoms with E-state index in [4.69, 9.17) is 9.47 Å². The summed E-state index contributed by atoms with van der Waals surface area (Å²) >= 11 is 0. The van der Waals surface area contributed by atoms with Gasteiger partial charge in [0.05, 0.1) is 17.7 Å². The van der Waals surface area contributed by atoms with E-state index in [0.29, 0.717) is 36.3 Å². The van der Waals surface area contributed by atoms with E-state index in [2.05, 4.69) is 12.1 Å². The van der Waals surface area contributed by atoms with E-state index < -0.39 is 0 Å². The molecule has 208 valence electrons. The smallest absolute Gasteiger partial charge is 0.231 e. The number of rotatable bonds is 10. The monoisotopic (exact) mass is 547 g/mol. The maximum absolute atomic E-state index is 15.6. The Morgan fingerprint density at radius 1 is 0.780 bits per heavy atom. The Morgan fingerprint density at radius 2 is 1.37 bits per heavy atom. The van der Waals surface area contributed by atoms with Crippen LogP contribution in [-0.4, -0.2) is 11.9 Å². The van der Waals surface area contributed by atoms with Crippen molar-refractivity contribution in [2.45, 2.75) is 64.7 Å². The normalized spacial score (nSPS) is 16.1. The summed E-state index contributed by atoms with van der Waals surface area (Å²) in [5.74, 6) is 1.75. The van der Waals surface area contributed by atoms with Gasteiger partial charge < -0.3 is 14.4 Å². The van der Waals surface area contributed by atoms with E-state index in [1.54, 1.807) is 11.0 Å². The second kappa shape index (κ2) is 10.7. The van der Waals surface area contributed by atoms with Crippen LogP contribution in [0.15, 0.2) is 78.9 Å². The molecule has 0 radical (unpaired) electrons. The number of aryl methyl sites for hydroxylation is 1. The topological polar surface area (TPSA) is 38.8 Å². The van der Waals surface area contributed by atoms with Crippen molar-refractivity contribution in [1.29, 1.82) is 0 Å². The lowest BCUT2D eigenvalue weighted by molar-refractivity contribution is -0.117. The molecule has 2 aliphatic carbocycles. The minimum Gasteiger partial charge on any atom is -0.488 e. The molecule has 4 aromatic carbocycles. The molecule has 7 rings (SSSR count). The first-order valence-corrected chi connectivity index (χ1v) is 14.7. The lowest BCUT2D eigenvalue weighted by Gasteiger charge is -2.23. The minimum absolute atomic E-state index is 0.0305. The first-order chi connectivity index (χ1) is 20.0. The van der Waals surface area contributed by atoms with Gasteiger partial charge in [-0.25, -0.2) is 4.39 Å². The van der Waals surface area contributed by atoms with Gasteiger partial charge >= 0.3 is 0 Å². The quantitative estimate of drug-likeness (QED) is 0.202. The van der Waals surface area contributed by atoms with Gasteiger partial charge in [0.1, 0.15) is 30.5 Å². The average molecular weight is 548 g/mol. The molecule has 1 amide bonds. The van der Waals surface area contributed by atoms with Crippen LogP contribution in [0.1, 0.15) is 53.5 Å². The van der Waals surface area contributed by atoms with Gasteiger partial charge in [-0.2, -0.15) is 0 Å². The van der Waals surface area contributed by atoms with Crippen molar-refractivity contribution < 1.29 is 18.7 Å². The Bertz CT molecular complexity index is 1530. The number of amides is 1. The van der Waals surface area contributed by atoms with Gasteiger partial charge in [-0.3, -0.25) is 4.79 Å². The molecule has 0 aromatic heterocycles. The molecule has 0 unspecified atom stereocenters. The molecule has 0 N–H and O–H groups in total. The first kappa shape index (κ1) is 25.8. The summed E-state index contributed by atoms with van der Waals surface area (Å²) in [5, 5.41) is 0. The zero-order valence-corrected chi connectivity index (χ0v) is 23.4. The molecule has 4 nitrogen and oxygen atoms in total. The van der Waals surface area contributed by atoms with Crippen LogP contribution in [0.4, 0.5) is 10.1 Å². The Hall–Kier alpha value is -4.12. The summed E-state index contributed by atoms with van der Waals surface area (Å²) < 4.78 is 28.8. The predicted octanol–water partition coefficient (Wildman–Crippen LogP) is 7.96. The Morgan fingerprint density at radius 3 is 1.90 bits per heavy atom. The number of hydrogen-bond acceptors (Lipinski definition) is 3. The van der Waals surface area contributed by atoms with E-state index in [0.717, 1.165) is 52.6 Å². The number of hydrogen-bond donors (Lipinski definition) is 0. The molecular weight excluding hydrogens is 513 g/mol. The van der Waals surface area contributed by atoms with E-state index in [1.807, 2.05) is 67.6 Å². The van der Waals surface area contributed by atoms with Crippen LogP contribution in [0.5, 0.6) is 11.5 Å². The molecule has 1 aliphatic heterocycles. The Labute approximate surface area is 240 Å². The summed E-state index contributed by atoms with van der Waals surface area (Å²) in [7, 11) is 0. The number of benzene rings is 4. The molecule has 3 aliphatic rings. The second-order valence-corrected chi connectivity index (χ2v) is 11.7. The van der Waals surface area contributed by atoms with Crippen LogP contribution >= 0.6 is 0 Å². The number of carbonyl (C=O) groups excluding carboxylic acids is 1. The minimum atomic E-state index is -0.331. The molecule has 4 aromatic rings. The van der Waals surface area contributed by atoms with Crippen molar-refractivity contribution in [3.05, 3.63) is 112 Å². The van der Waals surface area contributed by atoms with Crippen molar-refractivity contribution in [3.8, 4) is 22.6 Å². The van der Waals surface area contributed by atoms with Crippen LogP contribution in [-0.2, 0) is 30.8 Å². The van der Waals surface area contributed by atoms with Gasteiger partial charge in [0, 0.05) is 6.04 Å². The Kier molecular flexibility index (Phi) is 6.74. The lowest BCUT2D eigenvalue weighted by atomic mass is 9.90. The molecule has 0 atom stereocenters. The number of ether oxygens (including phenoxy) is 2. The van der Waals surface area contributed by atoms with E-state index in [-0.39, 0.29) is 24.2 Å². The third-order valence-corrected chi connectivity index (χ3v) is 8.37. The van der Waals surface area contributed by atoms with Crippen molar-refractivity contribution in [2.24, 2.45) is 5.92 Å². The molecule has 2 saturated carbocycles. The third-order valence-electron chi connectivity index (χ3n) is 8.37. The number of nitrogens with zero attached hydrogens (tertiary/aromatic N) is 1. The van der Waals surface area contributed by atoms with Gasteiger partial charge in [0.25, 0.3) is 0 Å². The van der Waals surface area contributed by atoms with E-state index in [1.165, 1.54) is 18.4 Å². The first-order valence-electron chi connectivity index (χ1n) is 14.7. The molecule has 5 heteroatoms. The summed E-state index contributed by atoms with van der Waals surface area (Å²) in [5.41, 5.74) is 6.90. The maximum Gasteiger partial charge on any atom is 0.231 e. The van der Waals surface area contributed by atoms with Crippen LogP contribution in [0.25, 0.3) is 11.1 Å². The fourth-order valence-corrected chi connectivity index (χ4v) is 6.05. The summed E-state index contributed by atoms with van der Waals surface area (Å²) in [4.78, 5) is 14.9. The van der Waals surface area contributed by atoms with Crippen LogP contribution in [0.3, 0.4) is 0 Å². The van der Waals surface area contributed by atoms with Crippen molar-refractivity contribution in [3.63, 3.8) is 0 Å². The highest BCUT2D eigenvalue weighted by Gasteiger charge is 2.42. The highest BCUT2D eigenvalue weighted by Crippen LogP contribution is 2.50.